The van der Waals surface area contributed by atoms with Gasteiger partial charge >= 0.3 is 0 Å². The van der Waals surface area contributed by atoms with E-state index in [0.717, 1.165) is 22.9 Å². The van der Waals surface area contributed by atoms with Gasteiger partial charge in [0, 0.05) is 45.1 Å². The Labute approximate surface area is 228 Å². The molecule has 1 fully saturated rings. The predicted molar refractivity (Wildman–Crippen MR) is 149 cm³/mol. The minimum absolute atomic E-state index is 0.151. The molecule has 5 rings (SSSR count). The normalized spacial score (nSPS) is 17.3. The smallest absolute Gasteiger partial charge is 0.277 e. The first-order valence-electron chi connectivity index (χ1n) is 12.3. The number of hydrogen-bond acceptors (Lipinski definition) is 13. The van der Waals surface area contributed by atoms with Crippen LogP contribution in [0.2, 0.25) is 0 Å². The quantitative estimate of drug-likeness (QED) is 0.176. The number of benzene rings is 1. The summed E-state index contributed by atoms with van der Waals surface area (Å²) in [7, 11) is 3.81. The van der Waals surface area contributed by atoms with Crippen LogP contribution in [0.25, 0.3) is 11.4 Å². The van der Waals surface area contributed by atoms with Gasteiger partial charge in [-0.1, -0.05) is 12.1 Å². The van der Waals surface area contributed by atoms with E-state index in [1.807, 2.05) is 48.2 Å². The Kier molecular flexibility index (Phi) is 7.83. The van der Waals surface area contributed by atoms with Crippen LogP contribution in [0.5, 0.6) is 0 Å². The third-order valence-electron chi connectivity index (χ3n) is 6.51. The molecule has 1 aromatic carbocycles. The van der Waals surface area contributed by atoms with Gasteiger partial charge in [0.05, 0.1) is 42.4 Å². The number of ether oxygens (including phenoxy) is 1. The number of carbonyl (C=O) groups excluding carboxylic acids is 1. The first-order chi connectivity index (χ1) is 18.9. The Morgan fingerprint density at radius 2 is 1.92 bits per heavy atom. The number of para-hydroxylation sites is 1. The highest BCUT2D eigenvalue weighted by atomic mass is 32.2. The molecule has 2 aromatic heterocycles. The summed E-state index contributed by atoms with van der Waals surface area (Å²) in [4.78, 5) is 36.1. The first-order valence-corrected chi connectivity index (χ1v) is 13.8. The van der Waals surface area contributed by atoms with Crippen molar-refractivity contribution < 1.29 is 19.3 Å². The molecular formula is C24H30N10O4S. The Morgan fingerprint density at radius 3 is 2.62 bits per heavy atom. The summed E-state index contributed by atoms with van der Waals surface area (Å²) in [6.45, 7) is 3.08. The van der Waals surface area contributed by atoms with E-state index >= 15 is 0 Å². The average Bonchev–Trinajstić information content (AvgIpc) is 3.27. The zero-order chi connectivity index (χ0) is 27.5. The Balaban J connectivity index is 1.46. The van der Waals surface area contributed by atoms with Crippen molar-refractivity contribution in [3.05, 3.63) is 42.2 Å². The number of carbonyl (C=O) groups is 1. The largest absolute Gasteiger partial charge is 0.593 e. The third-order valence-corrected chi connectivity index (χ3v) is 7.01. The van der Waals surface area contributed by atoms with Crippen molar-refractivity contribution in [2.75, 3.05) is 77.9 Å². The van der Waals surface area contributed by atoms with Gasteiger partial charge in [-0.25, -0.2) is 30.1 Å². The highest BCUT2D eigenvalue weighted by Gasteiger charge is 2.34. The van der Waals surface area contributed by atoms with Gasteiger partial charge in [-0.15, -0.1) is 0 Å². The molecular weight excluding hydrogens is 524 g/mol. The van der Waals surface area contributed by atoms with E-state index in [9.17, 15) is 9.35 Å². The molecule has 2 aliphatic heterocycles. The van der Waals surface area contributed by atoms with Crippen LogP contribution >= 0.6 is 0 Å². The number of anilines is 5. The van der Waals surface area contributed by atoms with Gasteiger partial charge in [-0.2, -0.15) is 0 Å². The first kappa shape index (κ1) is 26.7. The fourth-order valence-corrected chi connectivity index (χ4v) is 4.98. The standard InChI is InChI=1S/C24H30N10O4S/c1-32(24-25-12-15(13-26-24)23(35)30-36)14-18-27-19-21(33(18)2)28-20(29-22(19)34-8-10-38-11-9-34)16-6-4-5-7-17(16)31-39(3)37/h4-7,12-13,18,27,31,36H,8-11,14H2,1-3H3,(H,30,35). The van der Waals surface area contributed by atoms with Crippen molar-refractivity contribution in [3.8, 4) is 11.4 Å². The molecule has 2 unspecified atom stereocenters. The number of likely N-dealkylation sites (N-methyl/N-ethyl adjacent to an activating group) is 2. The van der Waals surface area contributed by atoms with Gasteiger partial charge < -0.3 is 29.3 Å². The molecule has 1 saturated heterocycles. The molecule has 4 N–H and O–H groups in total. The van der Waals surface area contributed by atoms with Crippen molar-refractivity contribution in [1.29, 1.82) is 0 Å². The number of amides is 1. The molecule has 0 radical (unpaired) electrons. The molecule has 3 aromatic rings. The van der Waals surface area contributed by atoms with Crippen molar-refractivity contribution in [2.45, 2.75) is 6.17 Å². The number of rotatable bonds is 8. The monoisotopic (exact) mass is 554 g/mol. The third kappa shape index (κ3) is 5.61. The topological polar surface area (TPSA) is 167 Å². The molecule has 2 atom stereocenters. The van der Waals surface area contributed by atoms with Gasteiger partial charge in [0.15, 0.2) is 17.5 Å². The molecule has 0 aliphatic carbocycles. The Morgan fingerprint density at radius 1 is 1.23 bits per heavy atom. The Hall–Kier alpha value is -3.92. The second kappa shape index (κ2) is 11.4. The van der Waals surface area contributed by atoms with Gasteiger partial charge in [0.25, 0.3) is 5.91 Å². The number of aromatic nitrogens is 4. The lowest BCUT2D eigenvalue weighted by atomic mass is 10.1. The molecule has 206 valence electrons. The van der Waals surface area contributed by atoms with Crippen molar-refractivity contribution in [3.63, 3.8) is 0 Å². The molecule has 15 heteroatoms. The van der Waals surface area contributed by atoms with Gasteiger partial charge in [0.2, 0.25) is 5.95 Å². The van der Waals surface area contributed by atoms with Gasteiger partial charge in [-0.05, 0) is 12.1 Å². The SMILES string of the molecule is CN(CC1Nc2c(N3CCOCC3)nc(-c3ccccc3N[S+](C)[O-])nc2N1C)c1ncc(C(=O)NO)cn1. The summed E-state index contributed by atoms with van der Waals surface area (Å²) in [5.41, 5.74) is 3.98. The van der Waals surface area contributed by atoms with Crippen LogP contribution in [0, 0.1) is 0 Å². The highest BCUT2D eigenvalue weighted by molar-refractivity contribution is 7.92. The maximum atomic E-state index is 12.0. The summed E-state index contributed by atoms with van der Waals surface area (Å²) >= 11 is -1.26. The summed E-state index contributed by atoms with van der Waals surface area (Å²) in [6.07, 6.45) is 4.11. The van der Waals surface area contributed by atoms with Crippen LogP contribution in [-0.4, -0.2) is 95.0 Å². The number of hydrogen-bond donors (Lipinski definition) is 4. The summed E-state index contributed by atoms with van der Waals surface area (Å²) in [5.74, 6) is 1.78. The summed E-state index contributed by atoms with van der Waals surface area (Å²) in [6, 6.07) is 7.54. The number of morpholine rings is 1. The lowest BCUT2D eigenvalue weighted by Gasteiger charge is -2.29. The number of fused-ring (bicyclic) bond motifs is 1. The zero-order valence-corrected chi connectivity index (χ0v) is 22.6. The second-order valence-corrected chi connectivity index (χ2v) is 10.2. The molecule has 4 heterocycles. The highest BCUT2D eigenvalue weighted by Crippen LogP contribution is 2.41. The van der Waals surface area contributed by atoms with E-state index in [2.05, 4.69) is 24.9 Å². The number of nitrogens with zero attached hydrogens (tertiary/aromatic N) is 7. The molecule has 39 heavy (non-hydrogen) atoms. The summed E-state index contributed by atoms with van der Waals surface area (Å²) < 4.78 is 20.5. The van der Waals surface area contributed by atoms with Crippen LogP contribution < -0.4 is 30.2 Å². The van der Waals surface area contributed by atoms with Crippen LogP contribution in [-0.2, 0) is 16.1 Å². The molecule has 2 aliphatic rings. The fourth-order valence-electron chi connectivity index (χ4n) is 4.49. The van der Waals surface area contributed by atoms with Crippen molar-refractivity contribution >= 4 is 46.2 Å². The maximum absolute atomic E-state index is 12.0. The van der Waals surface area contributed by atoms with Gasteiger partial charge in [-0.3, -0.25) is 10.0 Å². The van der Waals surface area contributed by atoms with Crippen molar-refractivity contribution in [2.24, 2.45) is 0 Å². The lowest BCUT2D eigenvalue weighted by molar-refractivity contribution is 0.0705. The van der Waals surface area contributed by atoms with E-state index in [4.69, 9.17) is 19.9 Å². The zero-order valence-electron chi connectivity index (χ0n) is 21.8. The summed E-state index contributed by atoms with van der Waals surface area (Å²) in [5, 5.41) is 12.4. The Bertz CT molecular complexity index is 1320. The van der Waals surface area contributed by atoms with Crippen LogP contribution in [0.4, 0.5) is 29.0 Å². The molecule has 0 spiro atoms. The second-order valence-electron chi connectivity index (χ2n) is 9.13. The predicted octanol–water partition coefficient (Wildman–Crippen LogP) is 0.919. The van der Waals surface area contributed by atoms with Crippen molar-refractivity contribution in [1.82, 2.24) is 25.4 Å². The van der Waals surface area contributed by atoms with E-state index in [1.165, 1.54) is 12.4 Å². The van der Waals surface area contributed by atoms with Crippen LogP contribution in [0.3, 0.4) is 0 Å². The molecule has 14 nitrogen and oxygen atoms in total. The van der Waals surface area contributed by atoms with E-state index in [0.29, 0.717) is 50.3 Å². The lowest BCUT2D eigenvalue weighted by Crippen LogP contribution is -2.43. The number of nitrogens with one attached hydrogen (secondary N) is 3. The average molecular weight is 555 g/mol. The van der Waals surface area contributed by atoms with Crippen LogP contribution in [0.1, 0.15) is 10.4 Å². The van der Waals surface area contributed by atoms with E-state index < -0.39 is 17.3 Å². The molecule has 0 bridgehead atoms. The number of hydroxylamine groups is 1. The maximum Gasteiger partial charge on any atom is 0.277 e. The van der Waals surface area contributed by atoms with E-state index in [1.54, 1.807) is 11.7 Å². The minimum atomic E-state index is -1.26. The van der Waals surface area contributed by atoms with Crippen LogP contribution in [0.15, 0.2) is 36.7 Å². The van der Waals surface area contributed by atoms with E-state index in [-0.39, 0.29) is 11.7 Å². The van der Waals surface area contributed by atoms with Gasteiger partial charge in [0.1, 0.15) is 18.1 Å². The molecule has 0 saturated carbocycles. The minimum Gasteiger partial charge on any atom is -0.593 e. The fraction of sp³-hybridized carbons (Fsp3) is 0.375. The molecule has 1 amide bonds.